The lowest BCUT2D eigenvalue weighted by molar-refractivity contribution is 0.134. The Morgan fingerprint density at radius 3 is 3.23 bits per heavy atom. The second-order valence-electron chi connectivity index (χ2n) is 3.00. The third kappa shape index (κ3) is 1.17. The van der Waals surface area contributed by atoms with Gasteiger partial charge in [0.2, 0.25) is 0 Å². The summed E-state index contributed by atoms with van der Waals surface area (Å²) in [5, 5.41) is 8.83. The number of rotatable bonds is 1. The molecule has 0 radical (unpaired) electrons. The van der Waals surface area contributed by atoms with Gasteiger partial charge >= 0.3 is 0 Å². The third-order valence-corrected chi connectivity index (χ3v) is 2.11. The average molecular weight is 182 g/mol. The van der Waals surface area contributed by atoms with Crippen LogP contribution in [0.2, 0.25) is 0 Å². The van der Waals surface area contributed by atoms with E-state index in [-0.39, 0.29) is 18.3 Å². The molecule has 1 unspecified atom stereocenters. The van der Waals surface area contributed by atoms with Gasteiger partial charge in [-0.05, 0) is 6.07 Å². The Labute approximate surface area is 74.3 Å². The van der Waals surface area contributed by atoms with Crippen molar-refractivity contribution in [3.8, 4) is 5.75 Å². The van der Waals surface area contributed by atoms with Crippen LogP contribution >= 0.6 is 0 Å². The molecule has 0 aromatic carbocycles. The highest BCUT2D eigenvalue weighted by atomic mass is 16.5. The van der Waals surface area contributed by atoms with Gasteiger partial charge in [0.25, 0.3) is 5.56 Å². The molecule has 1 aliphatic heterocycles. The molecule has 3 N–H and O–H groups in total. The lowest BCUT2D eigenvalue weighted by atomic mass is 10.1. The van der Waals surface area contributed by atoms with Crippen LogP contribution in [-0.4, -0.2) is 22.5 Å². The van der Waals surface area contributed by atoms with Gasteiger partial charge in [-0.15, -0.1) is 0 Å². The van der Waals surface area contributed by atoms with Gasteiger partial charge in [0.05, 0.1) is 12.2 Å². The summed E-state index contributed by atoms with van der Waals surface area (Å²) in [6.45, 7) is -0.0846. The van der Waals surface area contributed by atoms with Crippen molar-refractivity contribution in [2.75, 3.05) is 12.4 Å². The van der Waals surface area contributed by atoms with E-state index < -0.39 is 0 Å². The molecule has 0 aliphatic carbocycles. The Hall–Kier alpha value is -1.49. The fourth-order valence-corrected chi connectivity index (χ4v) is 1.43. The molecule has 0 fully saturated rings. The molecule has 70 valence electrons. The summed E-state index contributed by atoms with van der Waals surface area (Å²) >= 11 is 0. The minimum atomic E-state index is -0.301. The standard InChI is InChI=1S/C8H10N2O3/c9-10-2-1-7-6(8(10)12)3-5(4-11)13-7/h1-2,5,11H,3-4,9H2. The molecule has 2 rings (SSSR count). The van der Waals surface area contributed by atoms with Crippen molar-refractivity contribution in [3.05, 3.63) is 28.2 Å². The molecule has 13 heavy (non-hydrogen) atoms. The first-order valence-corrected chi connectivity index (χ1v) is 3.99. The molecule has 0 amide bonds. The molecule has 5 heteroatoms. The number of aliphatic hydroxyl groups is 1. The average Bonchev–Trinajstić information content (AvgIpc) is 2.55. The van der Waals surface area contributed by atoms with E-state index >= 15 is 0 Å². The number of aromatic nitrogens is 1. The maximum atomic E-state index is 11.4. The van der Waals surface area contributed by atoms with Crippen molar-refractivity contribution in [1.29, 1.82) is 0 Å². The van der Waals surface area contributed by atoms with E-state index in [4.69, 9.17) is 15.7 Å². The van der Waals surface area contributed by atoms with E-state index in [0.717, 1.165) is 4.68 Å². The fraction of sp³-hybridized carbons (Fsp3) is 0.375. The summed E-state index contributed by atoms with van der Waals surface area (Å²) in [6.07, 6.45) is 1.58. The van der Waals surface area contributed by atoms with Crippen LogP contribution < -0.4 is 16.1 Å². The molecule has 1 aromatic rings. The molecular weight excluding hydrogens is 172 g/mol. The van der Waals surface area contributed by atoms with E-state index in [9.17, 15) is 4.79 Å². The number of hydrogen-bond acceptors (Lipinski definition) is 4. The molecule has 0 saturated heterocycles. The van der Waals surface area contributed by atoms with Gasteiger partial charge in [0.1, 0.15) is 11.9 Å². The van der Waals surface area contributed by atoms with Crippen molar-refractivity contribution >= 4 is 0 Å². The van der Waals surface area contributed by atoms with Crippen LogP contribution in [-0.2, 0) is 6.42 Å². The van der Waals surface area contributed by atoms with Gasteiger partial charge in [0.15, 0.2) is 0 Å². The highest BCUT2D eigenvalue weighted by molar-refractivity contribution is 5.35. The maximum absolute atomic E-state index is 11.4. The SMILES string of the molecule is Nn1ccc2c(c1=O)CC(CO)O2. The van der Waals surface area contributed by atoms with Crippen molar-refractivity contribution in [2.24, 2.45) is 0 Å². The predicted molar refractivity (Wildman–Crippen MR) is 46.1 cm³/mol. The van der Waals surface area contributed by atoms with E-state index in [2.05, 4.69) is 0 Å². The Morgan fingerprint density at radius 2 is 2.54 bits per heavy atom. The Morgan fingerprint density at radius 1 is 1.77 bits per heavy atom. The zero-order chi connectivity index (χ0) is 9.42. The van der Waals surface area contributed by atoms with Crippen LogP contribution in [0.5, 0.6) is 5.75 Å². The van der Waals surface area contributed by atoms with Crippen LogP contribution in [0.25, 0.3) is 0 Å². The predicted octanol–water partition coefficient (Wildman–Crippen LogP) is -1.14. The molecule has 0 saturated carbocycles. The minimum Gasteiger partial charge on any atom is -0.487 e. The maximum Gasteiger partial charge on any atom is 0.275 e. The first kappa shape index (κ1) is 8.12. The van der Waals surface area contributed by atoms with Crippen LogP contribution in [0, 0.1) is 0 Å². The Kier molecular flexibility index (Phi) is 1.73. The molecule has 0 bridgehead atoms. The number of ether oxygens (including phenoxy) is 1. The van der Waals surface area contributed by atoms with Gasteiger partial charge < -0.3 is 15.7 Å². The van der Waals surface area contributed by atoms with Crippen molar-refractivity contribution in [3.63, 3.8) is 0 Å². The Balaban J connectivity index is 2.47. The molecule has 1 aromatic heterocycles. The summed E-state index contributed by atoms with van der Waals surface area (Å²) < 4.78 is 6.29. The van der Waals surface area contributed by atoms with Crippen molar-refractivity contribution < 1.29 is 9.84 Å². The Bertz CT molecular complexity index is 385. The second kappa shape index (κ2) is 2.77. The lowest BCUT2D eigenvalue weighted by Gasteiger charge is -2.04. The normalized spacial score (nSPS) is 19.6. The summed E-state index contributed by atoms with van der Waals surface area (Å²) in [4.78, 5) is 11.4. The highest BCUT2D eigenvalue weighted by Gasteiger charge is 2.25. The zero-order valence-electron chi connectivity index (χ0n) is 6.93. The third-order valence-electron chi connectivity index (χ3n) is 2.11. The fourth-order valence-electron chi connectivity index (χ4n) is 1.43. The molecule has 2 heterocycles. The summed E-state index contributed by atoms with van der Waals surface area (Å²) in [7, 11) is 0. The summed E-state index contributed by atoms with van der Waals surface area (Å²) in [5.41, 5.74) is 0.289. The van der Waals surface area contributed by atoms with Gasteiger partial charge in [-0.2, -0.15) is 0 Å². The number of aliphatic hydroxyl groups excluding tert-OH is 1. The number of fused-ring (bicyclic) bond motifs is 1. The number of pyridine rings is 1. The molecule has 0 spiro atoms. The number of nitrogen functional groups attached to an aromatic ring is 1. The topological polar surface area (TPSA) is 77.5 Å². The molecule has 1 aliphatic rings. The molecular formula is C8H10N2O3. The number of nitrogens with zero attached hydrogens (tertiary/aromatic N) is 1. The van der Waals surface area contributed by atoms with Gasteiger partial charge in [0, 0.05) is 12.6 Å². The smallest absolute Gasteiger partial charge is 0.275 e. The molecule has 5 nitrogen and oxygen atoms in total. The zero-order valence-corrected chi connectivity index (χ0v) is 6.93. The van der Waals surface area contributed by atoms with Crippen LogP contribution in [0.4, 0.5) is 0 Å². The van der Waals surface area contributed by atoms with Gasteiger partial charge in [-0.25, -0.2) is 4.68 Å². The summed E-state index contributed by atoms with van der Waals surface area (Å²) in [6, 6.07) is 1.63. The monoisotopic (exact) mass is 182 g/mol. The van der Waals surface area contributed by atoms with Crippen LogP contribution in [0.3, 0.4) is 0 Å². The number of hydrogen-bond donors (Lipinski definition) is 2. The van der Waals surface area contributed by atoms with Crippen molar-refractivity contribution in [2.45, 2.75) is 12.5 Å². The van der Waals surface area contributed by atoms with E-state index in [1.165, 1.54) is 6.20 Å². The van der Waals surface area contributed by atoms with Crippen LogP contribution in [0.1, 0.15) is 5.56 Å². The largest absolute Gasteiger partial charge is 0.487 e. The second-order valence-corrected chi connectivity index (χ2v) is 3.00. The van der Waals surface area contributed by atoms with E-state index in [1.807, 2.05) is 0 Å². The van der Waals surface area contributed by atoms with E-state index in [1.54, 1.807) is 6.07 Å². The quantitative estimate of drug-likeness (QED) is 0.538. The van der Waals surface area contributed by atoms with E-state index in [0.29, 0.717) is 17.7 Å². The minimum absolute atomic E-state index is 0.0846. The summed E-state index contributed by atoms with van der Waals surface area (Å²) in [5.74, 6) is 5.90. The van der Waals surface area contributed by atoms with Gasteiger partial charge in [-0.1, -0.05) is 0 Å². The first-order valence-electron chi connectivity index (χ1n) is 3.99. The van der Waals surface area contributed by atoms with Crippen molar-refractivity contribution in [1.82, 2.24) is 4.68 Å². The number of nitrogens with two attached hydrogens (primary N) is 1. The lowest BCUT2D eigenvalue weighted by Crippen LogP contribution is -2.28. The van der Waals surface area contributed by atoms with Crippen LogP contribution in [0.15, 0.2) is 17.1 Å². The highest BCUT2D eigenvalue weighted by Crippen LogP contribution is 2.24. The first-order chi connectivity index (χ1) is 6.22. The molecule has 1 atom stereocenters. The van der Waals surface area contributed by atoms with Gasteiger partial charge in [-0.3, -0.25) is 4.79 Å².